The number of aryl methyl sites for hydroxylation is 1. The zero-order valence-electron chi connectivity index (χ0n) is 13.2. The van der Waals surface area contributed by atoms with Crippen molar-refractivity contribution in [2.75, 3.05) is 6.54 Å². The molecule has 1 N–H and O–H groups in total. The van der Waals surface area contributed by atoms with Crippen LogP contribution in [0.4, 0.5) is 5.69 Å². The second kappa shape index (κ2) is 6.02. The number of nitrogens with zero attached hydrogens (tertiary/aromatic N) is 1. The number of nitro groups is 1. The molecule has 1 aromatic rings. The molecule has 0 amide bonds. The van der Waals surface area contributed by atoms with Crippen LogP contribution in [0.1, 0.15) is 39.2 Å². The zero-order chi connectivity index (χ0) is 15.6. The first-order valence-corrected chi connectivity index (χ1v) is 7.51. The minimum atomic E-state index is -0.364. The van der Waals surface area contributed by atoms with Crippen LogP contribution in [0.3, 0.4) is 0 Å². The van der Waals surface area contributed by atoms with Gasteiger partial charge in [0.25, 0.3) is 5.69 Å². The van der Waals surface area contributed by atoms with Crippen molar-refractivity contribution in [2.45, 2.75) is 52.7 Å². The van der Waals surface area contributed by atoms with Gasteiger partial charge in [0.2, 0.25) is 0 Å². The molecule has 1 fully saturated rings. The second-order valence-corrected chi connectivity index (χ2v) is 6.38. The third-order valence-corrected chi connectivity index (χ3v) is 4.46. The predicted molar refractivity (Wildman–Crippen MR) is 82.7 cm³/mol. The molecular formula is C16H24N2O3. The van der Waals surface area contributed by atoms with E-state index in [0.717, 1.165) is 19.4 Å². The largest absolute Gasteiger partial charge is 0.490 e. The maximum absolute atomic E-state index is 10.8. The smallest absolute Gasteiger partial charge is 0.272 e. The maximum Gasteiger partial charge on any atom is 0.272 e. The molecule has 116 valence electrons. The summed E-state index contributed by atoms with van der Waals surface area (Å²) >= 11 is 0. The van der Waals surface area contributed by atoms with Crippen molar-refractivity contribution < 1.29 is 9.66 Å². The van der Waals surface area contributed by atoms with Crippen LogP contribution in [0.25, 0.3) is 0 Å². The fourth-order valence-electron chi connectivity index (χ4n) is 2.82. The topological polar surface area (TPSA) is 64.4 Å². The monoisotopic (exact) mass is 292 g/mol. The third kappa shape index (κ3) is 3.18. The minimum Gasteiger partial charge on any atom is -0.490 e. The molecule has 1 saturated carbocycles. The number of rotatable bonds is 6. The van der Waals surface area contributed by atoms with Gasteiger partial charge in [-0.3, -0.25) is 10.1 Å². The van der Waals surface area contributed by atoms with Crippen molar-refractivity contribution in [1.29, 1.82) is 0 Å². The molecule has 0 heterocycles. The van der Waals surface area contributed by atoms with Gasteiger partial charge >= 0.3 is 0 Å². The molecule has 1 aromatic carbocycles. The maximum atomic E-state index is 10.8. The summed E-state index contributed by atoms with van der Waals surface area (Å²) in [6.45, 7) is 9.33. The third-order valence-electron chi connectivity index (χ3n) is 4.46. The Kier molecular flexibility index (Phi) is 4.52. The SMILES string of the molecule is CCCNC1CC(Oc2ccc([N+](=O)[O-])c(C)c2)C1(C)C. The van der Waals surface area contributed by atoms with Crippen LogP contribution in [-0.4, -0.2) is 23.6 Å². The summed E-state index contributed by atoms with van der Waals surface area (Å²) in [5, 5.41) is 14.4. The Balaban J connectivity index is 2.00. The van der Waals surface area contributed by atoms with Gasteiger partial charge in [-0.2, -0.15) is 0 Å². The van der Waals surface area contributed by atoms with Crippen LogP contribution in [-0.2, 0) is 0 Å². The minimum absolute atomic E-state index is 0.0743. The van der Waals surface area contributed by atoms with Crippen molar-refractivity contribution in [1.82, 2.24) is 5.32 Å². The van der Waals surface area contributed by atoms with Gasteiger partial charge in [-0.05, 0) is 32.0 Å². The van der Waals surface area contributed by atoms with Crippen LogP contribution in [0.5, 0.6) is 5.75 Å². The van der Waals surface area contributed by atoms with E-state index in [0.29, 0.717) is 17.4 Å². The highest BCUT2D eigenvalue weighted by Crippen LogP contribution is 2.43. The van der Waals surface area contributed by atoms with E-state index < -0.39 is 0 Å². The average Bonchev–Trinajstić information content (AvgIpc) is 2.41. The van der Waals surface area contributed by atoms with E-state index in [9.17, 15) is 10.1 Å². The van der Waals surface area contributed by atoms with Gasteiger partial charge in [0, 0.05) is 29.5 Å². The van der Waals surface area contributed by atoms with E-state index in [2.05, 4.69) is 26.1 Å². The molecule has 0 spiro atoms. The van der Waals surface area contributed by atoms with Crippen LogP contribution in [0, 0.1) is 22.5 Å². The van der Waals surface area contributed by atoms with Crippen LogP contribution < -0.4 is 10.1 Å². The summed E-state index contributed by atoms with van der Waals surface area (Å²) < 4.78 is 6.03. The molecule has 21 heavy (non-hydrogen) atoms. The van der Waals surface area contributed by atoms with Gasteiger partial charge in [0.05, 0.1) is 4.92 Å². The van der Waals surface area contributed by atoms with E-state index >= 15 is 0 Å². The first-order chi connectivity index (χ1) is 9.86. The molecule has 1 aliphatic rings. The molecule has 0 aliphatic heterocycles. The highest BCUT2D eigenvalue weighted by molar-refractivity contribution is 5.44. The van der Waals surface area contributed by atoms with Crippen LogP contribution in [0.2, 0.25) is 0 Å². The lowest BCUT2D eigenvalue weighted by atomic mass is 9.64. The molecular weight excluding hydrogens is 268 g/mol. The normalized spacial score (nSPS) is 23.4. The molecule has 2 unspecified atom stereocenters. The fourth-order valence-corrected chi connectivity index (χ4v) is 2.82. The number of ether oxygens (including phenoxy) is 1. The quantitative estimate of drug-likeness (QED) is 0.644. The van der Waals surface area contributed by atoms with Gasteiger partial charge in [-0.1, -0.05) is 20.8 Å². The lowest BCUT2D eigenvalue weighted by Gasteiger charge is -2.51. The van der Waals surface area contributed by atoms with Crippen molar-refractivity contribution in [2.24, 2.45) is 5.41 Å². The highest BCUT2D eigenvalue weighted by atomic mass is 16.6. The predicted octanol–water partition coefficient (Wildman–Crippen LogP) is 3.45. The Morgan fingerprint density at radius 2 is 2.19 bits per heavy atom. The van der Waals surface area contributed by atoms with Gasteiger partial charge in [-0.15, -0.1) is 0 Å². The molecule has 2 atom stereocenters. The number of benzene rings is 1. The number of nitro benzene ring substituents is 1. The van der Waals surface area contributed by atoms with E-state index in [-0.39, 0.29) is 22.1 Å². The molecule has 0 aromatic heterocycles. The van der Waals surface area contributed by atoms with Gasteiger partial charge < -0.3 is 10.1 Å². The van der Waals surface area contributed by atoms with Gasteiger partial charge in [0.15, 0.2) is 0 Å². The first-order valence-electron chi connectivity index (χ1n) is 7.51. The van der Waals surface area contributed by atoms with Crippen molar-refractivity contribution in [3.8, 4) is 5.75 Å². The molecule has 0 saturated heterocycles. The molecule has 5 nitrogen and oxygen atoms in total. The van der Waals surface area contributed by atoms with Gasteiger partial charge in [-0.25, -0.2) is 0 Å². The summed E-state index contributed by atoms with van der Waals surface area (Å²) in [6.07, 6.45) is 2.25. The summed E-state index contributed by atoms with van der Waals surface area (Å²) in [5.74, 6) is 0.713. The lowest BCUT2D eigenvalue weighted by molar-refractivity contribution is -0.385. The number of nitrogens with one attached hydrogen (secondary N) is 1. The molecule has 5 heteroatoms. The van der Waals surface area contributed by atoms with Crippen molar-refractivity contribution >= 4 is 5.69 Å². The Bertz CT molecular complexity index is 528. The fraction of sp³-hybridized carbons (Fsp3) is 0.625. The molecule has 0 radical (unpaired) electrons. The van der Waals surface area contributed by atoms with Crippen LogP contribution in [0.15, 0.2) is 18.2 Å². The summed E-state index contributed by atoms with van der Waals surface area (Å²) in [6, 6.07) is 5.43. The lowest BCUT2D eigenvalue weighted by Crippen LogP contribution is -2.62. The summed E-state index contributed by atoms with van der Waals surface area (Å²) in [7, 11) is 0. The molecule has 2 rings (SSSR count). The van der Waals surface area contributed by atoms with Crippen LogP contribution >= 0.6 is 0 Å². The Morgan fingerprint density at radius 3 is 2.71 bits per heavy atom. The Labute approximate surface area is 125 Å². The Hall–Kier alpha value is -1.62. The average molecular weight is 292 g/mol. The molecule has 1 aliphatic carbocycles. The summed E-state index contributed by atoms with van der Waals surface area (Å²) in [4.78, 5) is 10.5. The zero-order valence-corrected chi connectivity index (χ0v) is 13.2. The number of hydrogen-bond acceptors (Lipinski definition) is 4. The first kappa shape index (κ1) is 15.8. The van der Waals surface area contributed by atoms with E-state index in [1.54, 1.807) is 19.1 Å². The van der Waals surface area contributed by atoms with E-state index in [1.165, 1.54) is 6.07 Å². The second-order valence-electron chi connectivity index (χ2n) is 6.38. The van der Waals surface area contributed by atoms with Crippen molar-refractivity contribution in [3.05, 3.63) is 33.9 Å². The van der Waals surface area contributed by atoms with Crippen molar-refractivity contribution in [3.63, 3.8) is 0 Å². The Morgan fingerprint density at radius 1 is 1.48 bits per heavy atom. The van der Waals surface area contributed by atoms with Gasteiger partial charge in [0.1, 0.15) is 11.9 Å². The van der Waals surface area contributed by atoms with E-state index in [4.69, 9.17) is 4.74 Å². The highest BCUT2D eigenvalue weighted by Gasteiger charge is 2.49. The van der Waals surface area contributed by atoms with E-state index in [1.807, 2.05) is 0 Å². The summed E-state index contributed by atoms with van der Waals surface area (Å²) in [5.41, 5.74) is 0.846. The molecule has 0 bridgehead atoms. The standard InChI is InChI=1S/C16H24N2O3/c1-5-8-17-14-10-15(16(14,3)4)21-12-6-7-13(18(19)20)11(2)9-12/h6-7,9,14-15,17H,5,8,10H2,1-4H3. The number of hydrogen-bond donors (Lipinski definition) is 1.